The second-order valence-electron chi connectivity index (χ2n) is 7.05. The molecular formula is C25H20N2O4. The maximum absolute atomic E-state index is 13.2. The van der Waals surface area contributed by atoms with Crippen molar-refractivity contribution < 1.29 is 19.0 Å². The molecule has 1 aliphatic rings. The van der Waals surface area contributed by atoms with Gasteiger partial charge >= 0.3 is 0 Å². The van der Waals surface area contributed by atoms with E-state index in [-0.39, 0.29) is 12.7 Å². The topological polar surface area (TPSA) is 69.7 Å². The highest BCUT2D eigenvalue weighted by Gasteiger charge is 2.17. The monoisotopic (exact) mass is 412 g/mol. The third-order valence-electron chi connectivity index (χ3n) is 5.05. The lowest BCUT2D eigenvalue weighted by Gasteiger charge is -2.11. The number of nitrogens with one attached hydrogen (secondary N) is 1. The van der Waals surface area contributed by atoms with Crippen LogP contribution in [0.25, 0.3) is 22.2 Å². The lowest BCUT2D eigenvalue weighted by Crippen LogP contribution is -2.13. The number of para-hydroxylation sites is 1. The fourth-order valence-electron chi connectivity index (χ4n) is 3.57. The first-order valence-electron chi connectivity index (χ1n) is 10.1. The number of amides is 1. The quantitative estimate of drug-likeness (QED) is 0.483. The number of aromatic nitrogens is 1. The van der Waals surface area contributed by atoms with Gasteiger partial charge in [0, 0.05) is 22.7 Å². The molecule has 0 bridgehead atoms. The van der Waals surface area contributed by atoms with Crippen LogP contribution in [0.15, 0.2) is 72.8 Å². The number of ether oxygens (including phenoxy) is 3. The molecule has 3 aromatic carbocycles. The lowest BCUT2D eigenvalue weighted by molar-refractivity contribution is 0.102. The van der Waals surface area contributed by atoms with E-state index in [0.29, 0.717) is 29.4 Å². The Labute approximate surface area is 179 Å². The molecule has 154 valence electrons. The van der Waals surface area contributed by atoms with E-state index < -0.39 is 0 Å². The van der Waals surface area contributed by atoms with Gasteiger partial charge in [-0.3, -0.25) is 4.79 Å². The Hall–Kier alpha value is -4.06. The summed E-state index contributed by atoms with van der Waals surface area (Å²) in [5.41, 5.74) is 3.57. The number of nitrogens with zero attached hydrogens (tertiary/aromatic N) is 1. The van der Waals surface area contributed by atoms with Crippen LogP contribution in [0.4, 0.5) is 5.69 Å². The van der Waals surface area contributed by atoms with Crippen molar-refractivity contribution in [2.75, 3.05) is 18.7 Å². The van der Waals surface area contributed by atoms with Gasteiger partial charge in [0.15, 0.2) is 11.5 Å². The maximum Gasteiger partial charge on any atom is 0.256 e. The predicted octanol–water partition coefficient (Wildman–Crippen LogP) is 5.28. The van der Waals surface area contributed by atoms with E-state index in [1.165, 1.54) is 0 Å². The van der Waals surface area contributed by atoms with Crippen molar-refractivity contribution in [2.24, 2.45) is 0 Å². The standard InChI is InChI=1S/C25H20N2O4/c1-2-29-18-10-7-16(8-11-18)22-14-20(19-5-3-4-6-21(19)27-22)25(28)26-17-9-12-23-24(13-17)31-15-30-23/h3-14H,2,15H2,1H3,(H,26,28). The molecule has 0 spiro atoms. The van der Waals surface area contributed by atoms with E-state index in [0.717, 1.165) is 27.9 Å². The van der Waals surface area contributed by atoms with Crippen LogP contribution in [-0.2, 0) is 0 Å². The van der Waals surface area contributed by atoms with Gasteiger partial charge in [0.1, 0.15) is 5.75 Å². The van der Waals surface area contributed by atoms with Gasteiger partial charge in [-0.25, -0.2) is 4.98 Å². The van der Waals surface area contributed by atoms with Crippen LogP contribution in [0.2, 0.25) is 0 Å². The molecule has 1 aromatic heterocycles. The van der Waals surface area contributed by atoms with Crippen LogP contribution in [0.5, 0.6) is 17.2 Å². The zero-order chi connectivity index (χ0) is 21.2. The Morgan fingerprint density at radius 1 is 1.00 bits per heavy atom. The molecule has 4 aromatic rings. The lowest BCUT2D eigenvalue weighted by atomic mass is 10.0. The minimum absolute atomic E-state index is 0.188. The van der Waals surface area contributed by atoms with Crippen LogP contribution in [0.1, 0.15) is 17.3 Å². The van der Waals surface area contributed by atoms with Crippen molar-refractivity contribution in [3.8, 4) is 28.5 Å². The molecule has 1 amide bonds. The Morgan fingerprint density at radius 2 is 1.81 bits per heavy atom. The van der Waals surface area contributed by atoms with Crippen molar-refractivity contribution in [1.82, 2.24) is 4.98 Å². The number of hydrogen-bond acceptors (Lipinski definition) is 5. The third-order valence-corrected chi connectivity index (χ3v) is 5.05. The minimum Gasteiger partial charge on any atom is -0.494 e. The van der Waals surface area contributed by atoms with Gasteiger partial charge in [0.25, 0.3) is 5.91 Å². The number of carbonyl (C=O) groups is 1. The summed E-state index contributed by atoms with van der Waals surface area (Å²) in [5.74, 6) is 1.87. The molecule has 0 saturated heterocycles. The summed E-state index contributed by atoms with van der Waals surface area (Å²) >= 11 is 0. The average Bonchev–Trinajstić information content (AvgIpc) is 3.27. The molecule has 0 radical (unpaired) electrons. The number of benzene rings is 3. The highest BCUT2D eigenvalue weighted by molar-refractivity contribution is 6.13. The molecule has 0 fully saturated rings. The number of hydrogen-bond donors (Lipinski definition) is 1. The van der Waals surface area contributed by atoms with Crippen molar-refractivity contribution >= 4 is 22.5 Å². The summed E-state index contributed by atoms with van der Waals surface area (Å²) in [6.45, 7) is 2.74. The van der Waals surface area contributed by atoms with Crippen molar-refractivity contribution in [2.45, 2.75) is 6.92 Å². The normalized spacial score (nSPS) is 12.0. The van der Waals surface area contributed by atoms with Crippen molar-refractivity contribution in [3.05, 3.63) is 78.4 Å². The number of fused-ring (bicyclic) bond motifs is 2. The van der Waals surface area contributed by atoms with Crippen molar-refractivity contribution in [1.29, 1.82) is 0 Å². The van der Waals surface area contributed by atoms with Gasteiger partial charge in [-0.15, -0.1) is 0 Å². The number of anilines is 1. The molecule has 5 rings (SSSR count). The van der Waals surface area contributed by atoms with Gasteiger partial charge < -0.3 is 19.5 Å². The van der Waals surface area contributed by atoms with E-state index in [2.05, 4.69) is 5.32 Å². The van der Waals surface area contributed by atoms with Crippen LogP contribution in [-0.4, -0.2) is 24.3 Å². The summed E-state index contributed by atoms with van der Waals surface area (Å²) in [6, 6.07) is 22.5. The van der Waals surface area contributed by atoms with E-state index in [1.54, 1.807) is 18.2 Å². The van der Waals surface area contributed by atoms with E-state index in [1.807, 2.05) is 61.5 Å². The Bertz CT molecular complexity index is 1270. The van der Waals surface area contributed by atoms with E-state index >= 15 is 0 Å². The Kier molecular flexibility index (Phi) is 4.88. The second kappa shape index (κ2) is 7.99. The van der Waals surface area contributed by atoms with Crippen LogP contribution < -0.4 is 19.5 Å². The summed E-state index contributed by atoms with van der Waals surface area (Å²) in [5, 5.41) is 3.75. The molecule has 0 atom stereocenters. The third kappa shape index (κ3) is 3.75. The molecule has 31 heavy (non-hydrogen) atoms. The number of rotatable bonds is 5. The largest absolute Gasteiger partial charge is 0.494 e. The summed E-state index contributed by atoms with van der Waals surface area (Å²) in [6.07, 6.45) is 0. The molecule has 1 N–H and O–H groups in total. The first-order valence-corrected chi connectivity index (χ1v) is 10.1. The minimum atomic E-state index is -0.218. The molecule has 6 nitrogen and oxygen atoms in total. The SMILES string of the molecule is CCOc1ccc(-c2cc(C(=O)Nc3ccc4c(c3)OCO4)c3ccccc3n2)cc1. The summed E-state index contributed by atoms with van der Waals surface area (Å²) in [4.78, 5) is 18.0. The smallest absolute Gasteiger partial charge is 0.256 e. The highest BCUT2D eigenvalue weighted by atomic mass is 16.7. The number of carbonyl (C=O) groups excluding carboxylic acids is 1. The Morgan fingerprint density at radius 3 is 2.65 bits per heavy atom. The zero-order valence-electron chi connectivity index (χ0n) is 16.9. The zero-order valence-corrected chi connectivity index (χ0v) is 16.9. The first-order chi connectivity index (χ1) is 15.2. The molecule has 1 aliphatic heterocycles. The van der Waals surface area contributed by atoms with E-state index in [9.17, 15) is 4.79 Å². The van der Waals surface area contributed by atoms with Gasteiger partial charge in [-0.05, 0) is 55.5 Å². The molecular weight excluding hydrogens is 392 g/mol. The van der Waals surface area contributed by atoms with Crippen molar-refractivity contribution in [3.63, 3.8) is 0 Å². The molecule has 0 unspecified atom stereocenters. The summed E-state index contributed by atoms with van der Waals surface area (Å²) < 4.78 is 16.3. The van der Waals surface area contributed by atoms with E-state index in [4.69, 9.17) is 19.2 Å². The molecule has 6 heteroatoms. The summed E-state index contributed by atoms with van der Waals surface area (Å²) in [7, 11) is 0. The molecule has 2 heterocycles. The van der Waals surface area contributed by atoms with Gasteiger partial charge in [0.2, 0.25) is 6.79 Å². The van der Waals surface area contributed by atoms with Gasteiger partial charge in [0.05, 0.1) is 23.4 Å². The fourth-order valence-corrected chi connectivity index (χ4v) is 3.57. The Balaban J connectivity index is 1.51. The number of pyridine rings is 1. The van der Waals surface area contributed by atoms with Gasteiger partial charge in [-0.2, -0.15) is 0 Å². The van der Waals surface area contributed by atoms with Crippen LogP contribution in [0, 0.1) is 0 Å². The second-order valence-corrected chi connectivity index (χ2v) is 7.05. The highest BCUT2D eigenvalue weighted by Crippen LogP contribution is 2.34. The van der Waals surface area contributed by atoms with Crippen LogP contribution >= 0.6 is 0 Å². The first kappa shape index (κ1) is 18.9. The predicted molar refractivity (Wildman–Crippen MR) is 119 cm³/mol. The molecule has 0 saturated carbocycles. The van der Waals surface area contributed by atoms with Gasteiger partial charge in [-0.1, -0.05) is 18.2 Å². The maximum atomic E-state index is 13.2. The average molecular weight is 412 g/mol. The molecule has 0 aliphatic carbocycles. The van der Waals surface area contributed by atoms with Crippen LogP contribution in [0.3, 0.4) is 0 Å². The fraction of sp³-hybridized carbons (Fsp3) is 0.120.